The summed E-state index contributed by atoms with van der Waals surface area (Å²) in [5, 5.41) is 10.7. The van der Waals surface area contributed by atoms with Crippen molar-refractivity contribution >= 4 is 17.3 Å². The van der Waals surface area contributed by atoms with Crippen LogP contribution in [-0.4, -0.2) is 25.3 Å². The number of carboxylic acids is 1. The fourth-order valence-electron chi connectivity index (χ4n) is 0.819. The number of rotatable bonds is 3. The van der Waals surface area contributed by atoms with Crippen molar-refractivity contribution in [1.29, 1.82) is 0 Å². The molecule has 0 saturated carbocycles. The lowest BCUT2D eigenvalue weighted by Crippen LogP contribution is -1.99. The van der Waals surface area contributed by atoms with Crippen LogP contribution in [0.15, 0.2) is 5.38 Å². The van der Waals surface area contributed by atoms with Gasteiger partial charge in [-0.2, -0.15) is 0 Å². The zero-order valence-corrected chi connectivity index (χ0v) is 7.47. The summed E-state index contributed by atoms with van der Waals surface area (Å²) < 4.78 is 9.69. The van der Waals surface area contributed by atoms with Crippen molar-refractivity contribution in [1.82, 2.24) is 0 Å². The molecular weight excluding hydrogens is 180 g/mol. The number of hydrogen-bond acceptors (Lipinski definition) is 4. The first kappa shape index (κ1) is 8.86. The van der Waals surface area contributed by atoms with E-state index in [0.717, 1.165) is 0 Å². The van der Waals surface area contributed by atoms with Crippen LogP contribution in [0, 0.1) is 0 Å². The maximum Gasteiger partial charge on any atom is 0.344 e. The minimum Gasteiger partial charge on any atom is -0.495 e. The molecule has 4 nitrogen and oxygen atoms in total. The quantitative estimate of drug-likeness (QED) is 0.780. The van der Waals surface area contributed by atoms with Gasteiger partial charge in [-0.25, -0.2) is 4.79 Å². The van der Waals surface area contributed by atoms with E-state index >= 15 is 0 Å². The number of aromatic carboxylic acids is 1. The van der Waals surface area contributed by atoms with Gasteiger partial charge in [-0.05, 0) is 0 Å². The van der Waals surface area contributed by atoms with Gasteiger partial charge < -0.3 is 14.6 Å². The van der Waals surface area contributed by atoms with Crippen molar-refractivity contribution in [3.63, 3.8) is 0 Å². The van der Waals surface area contributed by atoms with Crippen LogP contribution in [-0.2, 0) is 0 Å². The van der Waals surface area contributed by atoms with E-state index in [0.29, 0.717) is 10.8 Å². The zero-order chi connectivity index (χ0) is 9.14. The SMILES string of the molecule is COc1csc(OC)c1C(=O)O. The lowest BCUT2D eigenvalue weighted by Gasteiger charge is -1.99. The molecule has 1 aromatic rings. The van der Waals surface area contributed by atoms with Crippen LogP contribution >= 0.6 is 11.3 Å². The van der Waals surface area contributed by atoms with Gasteiger partial charge in [0.2, 0.25) is 0 Å². The Kier molecular flexibility index (Phi) is 2.54. The number of thiophene rings is 1. The van der Waals surface area contributed by atoms with E-state index in [9.17, 15) is 4.79 Å². The Morgan fingerprint density at radius 1 is 1.50 bits per heavy atom. The maximum absolute atomic E-state index is 10.7. The van der Waals surface area contributed by atoms with E-state index in [1.54, 1.807) is 5.38 Å². The molecule has 0 bridgehead atoms. The highest BCUT2D eigenvalue weighted by Gasteiger charge is 2.19. The third-order valence-electron chi connectivity index (χ3n) is 1.34. The van der Waals surface area contributed by atoms with Crippen molar-refractivity contribution in [2.75, 3.05) is 14.2 Å². The Hall–Kier alpha value is -1.23. The summed E-state index contributed by atoms with van der Waals surface area (Å²) in [6, 6.07) is 0. The van der Waals surface area contributed by atoms with Crippen LogP contribution in [0.5, 0.6) is 10.8 Å². The van der Waals surface area contributed by atoms with Crippen LogP contribution in [0.3, 0.4) is 0 Å². The summed E-state index contributed by atoms with van der Waals surface area (Å²) in [4.78, 5) is 10.7. The topological polar surface area (TPSA) is 55.8 Å². The number of carbonyl (C=O) groups is 1. The number of carboxylic acid groups (broad SMARTS) is 1. The Bertz CT molecular complexity index is 270. The summed E-state index contributed by atoms with van der Waals surface area (Å²) >= 11 is 1.20. The van der Waals surface area contributed by atoms with Crippen molar-refractivity contribution in [2.45, 2.75) is 0 Å². The van der Waals surface area contributed by atoms with Crippen molar-refractivity contribution in [2.24, 2.45) is 0 Å². The molecule has 0 unspecified atom stereocenters. The molecule has 0 fully saturated rings. The van der Waals surface area contributed by atoms with Gasteiger partial charge in [0.1, 0.15) is 5.75 Å². The molecule has 0 radical (unpaired) electrons. The highest BCUT2D eigenvalue weighted by Crippen LogP contribution is 2.35. The van der Waals surface area contributed by atoms with Crippen LogP contribution < -0.4 is 9.47 Å². The molecule has 0 aliphatic heterocycles. The Morgan fingerprint density at radius 3 is 2.58 bits per heavy atom. The molecule has 0 aliphatic rings. The van der Waals surface area contributed by atoms with Gasteiger partial charge >= 0.3 is 5.97 Å². The molecule has 0 aromatic carbocycles. The minimum atomic E-state index is -1.04. The van der Waals surface area contributed by atoms with Crippen LogP contribution in [0.1, 0.15) is 10.4 Å². The Balaban J connectivity index is 3.16. The van der Waals surface area contributed by atoms with E-state index in [1.807, 2.05) is 0 Å². The average Bonchev–Trinajstić information content (AvgIpc) is 2.46. The molecule has 0 atom stereocenters. The monoisotopic (exact) mass is 188 g/mol. The summed E-state index contributed by atoms with van der Waals surface area (Å²) in [5.74, 6) is -0.700. The predicted octanol–water partition coefficient (Wildman–Crippen LogP) is 1.46. The fourth-order valence-corrected chi connectivity index (χ4v) is 1.65. The van der Waals surface area contributed by atoms with Gasteiger partial charge in [0.05, 0.1) is 14.2 Å². The standard InChI is InChI=1S/C7H8O4S/c1-10-4-3-12-7(11-2)5(4)6(8)9/h3H,1-2H3,(H,8,9). The molecule has 0 amide bonds. The van der Waals surface area contributed by atoms with E-state index in [1.165, 1.54) is 25.6 Å². The molecule has 0 saturated heterocycles. The van der Waals surface area contributed by atoms with Gasteiger partial charge in [0.15, 0.2) is 10.6 Å². The van der Waals surface area contributed by atoms with Gasteiger partial charge in [-0.3, -0.25) is 0 Å². The second-order valence-corrected chi connectivity index (χ2v) is 2.82. The smallest absolute Gasteiger partial charge is 0.344 e. The Morgan fingerprint density at radius 2 is 2.17 bits per heavy atom. The highest BCUT2D eigenvalue weighted by molar-refractivity contribution is 7.12. The molecule has 1 rings (SSSR count). The highest BCUT2D eigenvalue weighted by atomic mass is 32.1. The summed E-state index contributed by atoms with van der Waals surface area (Å²) in [6.45, 7) is 0. The normalized spacial score (nSPS) is 9.50. The van der Waals surface area contributed by atoms with Crippen LogP contribution in [0.2, 0.25) is 0 Å². The van der Waals surface area contributed by atoms with Crippen molar-refractivity contribution in [3.8, 4) is 10.8 Å². The summed E-state index contributed by atoms with van der Waals surface area (Å²) in [7, 11) is 2.85. The molecule has 66 valence electrons. The Labute approximate surface area is 73.3 Å². The molecule has 5 heteroatoms. The summed E-state index contributed by atoms with van der Waals surface area (Å²) in [6.07, 6.45) is 0. The number of ether oxygens (including phenoxy) is 2. The third-order valence-corrected chi connectivity index (χ3v) is 2.26. The largest absolute Gasteiger partial charge is 0.495 e. The van der Waals surface area contributed by atoms with E-state index in [2.05, 4.69) is 0 Å². The molecule has 1 aromatic heterocycles. The number of hydrogen-bond donors (Lipinski definition) is 1. The first-order chi connectivity index (χ1) is 5.70. The predicted molar refractivity (Wildman–Crippen MR) is 44.4 cm³/mol. The second kappa shape index (κ2) is 3.44. The first-order valence-corrected chi connectivity index (χ1v) is 4.01. The third kappa shape index (κ3) is 1.35. The number of methoxy groups -OCH3 is 2. The minimum absolute atomic E-state index is 0.0880. The first-order valence-electron chi connectivity index (χ1n) is 3.13. The molecule has 12 heavy (non-hydrogen) atoms. The van der Waals surface area contributed by atoms with Crippen LogP contribution in [0.4, 0.5) is 0 Å². The molecule has 0 aliphatic carbocycles. The molecule has 1 heterocycles. The maximum atomic E-state index is 10.7. The molecule has 1 N–H and O–H groups in total. The van der Waals surface area contributed by atoms with E-state index in [4.69, 9.17) is 14.6 Å². The lowest BCUT2D eigenvalue weighted by molar-refractivity contribution is 0.0691. The molecular formula is C7H8O4S. The van der Waals surface area contributed by atoms with E-state index < -0.39 is 5.97 Å². The van der Waals surface area contributed by atoms with Gasteiger partial charge in [0.25, 0.3) is 0 Å². The lowest BCUT2D eigenvalue weighted by atomic mass is 10.3. The van der Waals surface area contributed by atoms with E-state index in [-0.39, 0.29) is 5.56 Å². The molecule has 0 spiro atoms. The summed E-state index contributed by atoms with van der Waals surface area (Å²) in [5.41, 5.74) is 0.0880. The average molecular weight is 188 g/mol. The van der Waals surface area contributed by atoms with Gasteiger partial charge in [0, 0.05) is 5.38 Å². The van der Waals surface area contributed by atoms with Gasteiger partial charge in [-0.1, -0.05) is 0 Å². The van der Waals surface area contributed by atoms with Crippen molar-refractivity contribution < 1.29 is 19.4 Å². The van der Waals surface area contributed by atoms with Crippen molar-refractivity contribution in [3.05, 3.63) is 10.9 Å². The fraction of sp³-hybridized carbons (Fsp3) is 0.286. The zero-order valence-electron chi connectivity index (χ0n) is 6.66. The second-order valence-electron chi connectivity index (χ2n) is 1.98. The van der Waals surface area contributed by atoms with Gasteiger partial charge in [-0.15, -0.1) is 11.3 Å². The van der Waals surface area contributed by atoms with Crippen LogP contribution in [0.25, 0.3) is 0 Å².